The molecule has 15 heavy (non-hydrogen) atoms. The van der Waals surface area contributed by atoms with Crippen LogP contribution in [0.5, 0.6) is 5.75 Å². The van der Waals surface area contributed by atoms with Crippen LogP contribution in [0, 0.1) is 12.7 Å². The average Bonchev–Trinajstić information content (AvgIpc) is 2.17. The Morgan fingerprint density at radius 1 is 1.27 bits per heavy atom. The third-order valence-corrected chi connectivity index (χ3v) is 2.60. The quantitative estimate of drug-likeness (QED) is 0.806. The van der Waals surface area contributed by atoms with Gasteiger partial charge in [-0.2, -0.15) is 0 Å². The van der Waals surface area contributed by atoms with E-state index in [1.807, 2.05) is 13.0 Å². The van der Waals surface area contributed by atoms with Crippen molar-refractivity contribution in [2.75, 3.05) is 13.1 Å². The van der Waals surface area contributed by atoms with E-state index in [4.69, 9.17) is 4.74 Å². The van der Waals surface area contributed by atoms with Crippen LogP contribution >= 0.6 is 0 Å². The maximum atomic E-state index is 13.1. The first-order chi connectivity index (χ1) is 7.24. The number of aryl methyl sites for hydroxylation is 1. The van der Waals surface area contributed by atoms with Gasteiger partial charge in [0.05, 0.1) is 0 Å². The highest BCUT2D eigenvalue weighted by Gasteiger charge is 2.14. The van der Waals surface area contributed by atoms with E-state index in [0.29, 0.717) is 5.75 Å². The fourth-order valence-electron chi connectivity index (χ4n) is 1.88. The number of nitrogens with one attached hydrogen (secondary N) is 1. The maximum Gasteiger partial charge on any atom is 0.127 e. The highest BCUT2D eigenvalue weighted by atomic mass is 19.1. The number of rotatable bonds is 2. The largest absolute Gasteiger partial charge is 0.490 e. The van der Waals surface area contributed by atoms with Crippen molar-refractivity contribution in [2.45, 2.75) is 25.9 Å². The summed E-state index contributed by atoms with van der Waals surface area (Å²) in [4.78, 5) is 0. The number of hydrogen-bond acceptors (Lipinski definition) is 2. The minimum absolute atomic E-state index is 0.223. The molecule has 0 aliphatic carbocycles. The summed E-state index contributed by atoms with van der Waals surface area (Å²) in [5.41, 5.74) is 0.902. The van der Waals surface area contributed by atoms with Gasteiger partial charge in [-0.05, 0) is 50.6 Å². The third-order valence-electron chi connectivity index (χ3n) is 2.60. The van der Waals surface area contributed by atoms with E-state index in [9.17, 15) is 4.39 Å². The van der Waals surface area contributed by atoms with Gasteiger partial charge in [-0.25, -0.2) is 4.39 Å². The summed E-state index contributed by atoms with van der Waals surface area (Å²) in [5, 5.41) is 3.27. The molecule has 1 fully saturated rings. The first kappa shape index (κ1) is 10.4. The molecule has 0 atom stereocenters. The Balaban J connectivity index is 2.02. The number of hydrogen-bond donors (Lipinski definition) is 1. The maximum absolute atomic E-state index is 13.1. The van der Waals surface area contributed by atoms with Crippen molar-refractivity contribution in [2.24, 2.45) is 0 Å². The summed E-state index contributed by atoms with van der Waals surface area (Å²) < 4.78 is 18.8. The first-order valence-corrected chi connectivity index (χ1v) is 5.38. The molecule has 1 aliphatic rings. The molecule has 0 aromatic heterocycles. The molecule has 3 heteroatoms. The SMILES string of the molecule is Cc1cc(F)cc(OC2CCNCC2)c1. The van der Waals surface area contributed by atoms with Crippen molar-refractivity contribution in [1.29, 1.82) is 0 Å². The molecule has 1 aliphatic heterocycles. The Morgan fingerprint density at radius 3 is 2.67 bits per heavy atom. The van der Waals surface area contributed by atoms with Gasteiger partial charge >= 0.3 is 0 Å². The van der Waals surface area contributed by atoms with Gasteiger partial charge in [-0.3, -0.25) is 0 Å². The van der Waals surface area contributed by atoms with E-state index in [-0.39, 0.29) is 11.9 Å². The predicted octanol–water partition coefficient (Wildman–Crippen LogP) is 2.26. The molecule has 0 amide bonds. The lowest BCUT2D eigenvalue weighted by atomic mass is 10.1. The van der Waals surface area contributed by atoms with Crippen molar-refractivity contribution in [3.63, 3.8) is 0 Å². The van der Waals surface area contributed by atoms with E-state index in [2.05, 4.69) is 5.32 Å². The van der Waals surface area contributed by atoms with E-state index in [1.54, 1.807) is 0 Å². The second-order valence-electron chi connectivity index (χ2n) is 4.03. The van der Waals surface area contributed by atoms with E-state index in [0.717, 1.165) is 31.5 Å². The molecule has 0 bridgehead atoms. The number of halogens is 1. The fourth-order valence-corrected chi connectivity index (χ4v) is 1.88. The van der Waals surface area contributed by atoms with Crippen molar-refractivity contribution < 1.29 is 9.13 Å². The minimum Gasteiger partial charge on any atom is -0.490 e. The molecule has 1 N–H and O–H groups in total. The van der Waals surface area contributed by atoms with Crippen LogP contribution in [0.3, 0.4) is 0 Å². The minimum atomic E-state index is -0.223. The van der Waals surface area contributed by atoms with Crippen LogP contribution in [0.2, 0.25) is 0 Å². The van der Waals surface area contributed by atoms with Gasteiger partial charge < -0.3 is 10.1 Å². The highest BCUT2D eigenvalue weighted by Crippen LogP contribution is 2.19. The number of benzene rings is 1. The molecule has 1 aromatic rings. The molecule has 0 unspecified atom stereocenters. The lowest BCUT2D eigenvalue weighted by Gasteiger charge is -2.23. The summed E-state index contributed by atoms with van der Waals surface area (Å²) in [5.74, 6) is 0.429. The zero-order chi connectivity index (χ0) is 10.7. The van der Waals surface area contributed by atoms with Crippen molar-refractivity contribution in [1.82, 2.24) is 5.32 Å². The van der Waals surface area contributed by atoms with Gasteiger partial charge in [0.1, 0.15) is 17.7 Å². The van der Waals surface area contributed by atoms with Crippen LogP contribution < -0.4 is 10.1 Å². The van der Waals surface area contributed by atoms with Gasteiger partial charge in [0.15, 0.2) is 0 Å². The van der Waals surface area contributed by atoms with Gasteiger partial charge in [-0.1, -0.05) is 0 Å². The summed E-state index contributed by atoms with van der Waals surface area (Å²) in [6, 6.07) is 4.84. The Labute approximate surface area is 89.4 Å². The summed E-state index contributed by atoms with van der Waals surface area (Å²) in [7, 11) is 0. The van der Waals surface area contributed by atoms with E-state index >= 15 is 0 Å². The molecule has 1 heterocycles. The van der Waals surface area contributed by atoms with Gasteiger partial charge in [0, 0.05) is 6.07 Å². The Morgan fingerprint density at radius 2 is 2.00 bits per heavy atom. The third kappa shape index (κ3) is 2.93. The highest BCUT2D eigenvalue weighted by molar-refractivity contribution is 5.28. The lowest BCUT2D eigenvalue weighted by Crippen LogP contribution is -2.34. The van der Waals surface area contributed by atoms with Crippen LogP contribution in [0.4, 0.5) is 4.39 Å². The second kappa shape index (κ2) is 4.62. The standard InChI is InChI=1S/C12H16FNO/c1-9-6-10(13)8-12(7-9)15-11-2-4-14-5-3-11/h6-8,11,14H,2-5H2,1H3. The zero-order valence-corrected chi connectivity index (χ0v) is 8.92. The molecule has 2 rings (SSSR count). The molecule has 2 nitrogen and oxygen atoms in total. The topological polar surface area (TPSA) is 21.3 Å². The summed E-state index contributed by atoms with van der Waals surface area (Å²) >= 11 is 0. The van der Waals surface area contributed by atoms with E-state index < -0.39 is 0 Å². The molecule has 1 saturated heterocycles. The molecular weight excluding hydrogens is 193 g/mol. The predicted molar refractivity (Wildman–Crippen MR) is 57.7 cm³/mol. The van der Waals surface area contributed by atoms with Crippen LogP contribution in [-0.4, -0.2) is 19.2 Å². The lowest BCUT2D eigenvalue weighted by molar-refractivity contribution is 0.162. The molecule has 0 spiro atoms. The molecule has 1 aromatic carbocycles. The molecule has 0 saturated carbocycles. The van der Waals surface area contributed by atoms with Crippen LogP contribution in [0.25, 0.3) is 0 Å². The van der Waals surface area contributed by atoms with Crippen LogP contribution in [0.1, 0.15) is 18.4 Å². The van der Waals surface area contributed by atoms with E-state index in [1.165, 1.54) is 12.1 Å². The number of piperidine rings is 1. The zero-order valence-electron chi connectivity index (χ0n) is 8.92. The number of ether oxygens (including phenoxy) is 1. The van der Waals surface area contributed by atoms with Gasteiger partial charge in [-0.15, -0.1) is 0 Å². The summed E-state index contributed by atoms with van der Waals surface area (Å²) in [6.45, 7) is 3.84. The summed E-state index contributed by atoms with van der Waals surface area (Å²) in [6.07, 6.45) is 2.22. The van der Waals surface area contributed by atoms with Crippen molar-refractivity contribution in [3.05, 3.63) is 29.6 Å². The van der Waals surface area contributed by atoms with Crippen molar-refractivity contribution >= 4 is 0 Å². The normalized spacial score (nSPS) is 17.7. The molecule has 82 valence electrons. The van der Waals surface area contributed by atoms with Crippen LogP contribution in [-0.2, 0) is 0 Å². The fraction of sp³-hybridized carbons (Fsp3) is 0.500. The Kier molecular flexibility index (Phi) is 3.21. The van der Waals surface area contributed by atoms with Gasteiger partial charge in [0.25, 0.3) is 0 Å². The Bertz CT molecular complexity index is 314. The van der Waals surface area contributed by atoms with Crippen LogP contribution in [0.15, 0.2) is 18.2 Å². The molecule has 0 radical (unpaired) electrons. The monoisotopic (exact) mass is 209 g/mol. The Hall–Kier alpha value is -1.09. The van der Waals surface area contributed by atoms with Gasteiger partial charge in [0.2, 0.25) is 0 Å². The molecular formula is C12H16FNO. The van der Waals surface area contributed by atoms with Crippen molar-refractivity contribution in [3.8, 4) is 5.75 Å². The first-order valence-electron chi connectivity index (χ1n) is 5.38. The second-order valence-corrected chi connectivity index (χ2v) is 4.03. The smallest absolute Gasteiger partial charge is 0.127 e. The average molecular weight is 209 g/mol.